The van der Waals surface area contributed by atoms with Crippen LogP contribution in [0.5, 0.6) is 0 Å². The van der Waals surface area contributed by atoms with Crippen molar-refractivity contribution in [2.24, 2.45) is 28.3 Å². The number of hydrogen-bond donors (Lipinski definition) is 5. The molecule has 39 heavy (non-hydrogen) atoms. The maximum absolute atomic E-state index is 13.5. The number of aliphatic carboxylic acids is 1. The highest BCUT2D eigenvalue weighted by molar-refractivity contribution is 14.1. The number of nitrogens with one attached hydrogen (secondary N) is 2. The van der Waals surface area contributed by atoms with Crippen molar-refractivity contribution in [1.29, 1.82) is 0 Å². The highest BCUT2D eigenvalue weighted by Crippen LogP contribution is 2.25. The minimum absolute atomic E-state index is 0.0963. The zero-order valence-corrected chi connectivity index (χ0v) is 24.9. The first-order valence-electron chi connectivity index (χ1n) is 13.2. The Bertz CT molecular complexity index is 934. The Balaban J connectivity index is 3.11. The highest BCUT2D eigenvalue weighted by atomic mass is 127. The monoisotopic (exact) mass is 664 g/mol. The fourth-order valence-electron chi connectivity index (χ4n) is 4.68. The molecule has 1 aliphatic heterocycles. The Morgan fingerprint density at radius 1 is 1.03 bits per heavy atom. The summed E-state index contributed by atoms with van der Waals surface area (Å²) in [5.41, 5.74) is 10.6. The van der Waals surface area contributed by atoms with E-state index in [4.69, 9.17) is 11.5 Å². The van der Waals surface area contributed by atoms with Gasteiger partial charge in [-0.1, -0.05) is 33.6 Å². The number of guanidine groups is 1. The lowest BCUT2D eigenvalue weighted by Crippen LogP contribution is -2.56. The van der Waals surface area contributed by atoms with E-state index in [1.165, 1.54) is 27.5 Å². The Kier molecular flexibility index (Phi) is 14.9. The maximum Gasteiger partial charge on any atom is 0.305 e. The molecule has 0 aromatic heterocycles. The molecule has 1 fully saturated rings. The minimum atomic E-state index is -1.35. The lowest BCUT2D eigenvalue weighted by Gasteiger charge is -2.30. The number of carboxylic acids is 1. The van der Waals surface area contributed by atoms with E-state index < -0.39 is 57.8 Å². The molecule has 0 radical (unpaired) electrons. The van der Waals surface area contributed by atoms with Gasteiger partial charge >= 0.3 is 5.97 Å². The number of ketones is 1. The Morgan fingerprint density at radius 2 is 1.64 bits per heavy atom. The molecule has 3 amide bonds. The molecule has 1 saturated heterocycles. The maximum atomic E-state index is 13.5. The van der Waals surface area contributed by atoms with Crippen molar-refractivity contribution >= 4 is 61.8 Å². The van der Waals surface area contributed by atoms with Gasteiger partial charge in [-0.2, -0.15) is 0 Å². The SMILES string of the molecule is CCCC(CCC)C(=O)NC(CC(=O)O)C(=O)N1C[C@@H](C)CC1C(=O)N[C@@H](CCCN=C(N)N)C(=O)C(=O)I. The number of halogens is 1. The van der Waals surface area contributed by atoms with Crippen LogP contribution in [-0.2, 0) is 28.8 Å². The molecular weight excluding hydrogens is 623 g/mol. The van der Waals surface area contributed by atoms with Gasteiger partial charge in [0.05, 0.1) is 12.5 Å². The quantitative estimate of drug-likeness (QED) is 0.0364. The smallest absolute Gasteiger partial charge is 0.305 e. The minimum Gasteiger partial charge on any atom is -0.481 e. The molecule has 0 aliphatic carbocycles. The van der Waals surface area contributed by atoms with Gasteiger partial charge in [-0.05, 0) is 38.0 Å². The summed E-state index contributed by atoms with van der Waals surface area (Å²) in [6.45, 7) is 6.08. The summed E-state index contributed by atoms with van der Waals surface area (Å²) in [6, 6.07) is -3.48. The van der Waals surface area contributed by atoms with E-state index in [1.807, 2.05) is 20.8 Å². The van der Waals surface area contributed by atoms with Gasteiger partial charge in [0, 0.05) is 41.6 Å². The summed E-state index contributed by atoms with van der Waals surface area (Å²) < 4.78 is -0.759. The summed E-state index contributed by atoms with van der Waals surface area (Å²) >= 11 is 1.35. The molecule has 1 rings (SSSR count). The average molecular weight is 665 g/mol. The molecule has 0 aromatic carbocycles. The molecule has 220 valence electrons. The van der Waals surface area contributed by atoms with Gasteiger partial charge in [0.1, 0.15) is 12.1 Å². The molecule has 7 N–H and O–H groups in total. The van der Waals surface area contributed by atoms with Gasteiger partial charge in [-0.15, -0.1) is 0 Å². The molecule has 14 heteroatoms. The lowest BCUT2D eigenvalue weighted by molar-refractivity contribution is -0.146. The number of likely N-dealkylation sites (tertiary alicyclic amines) is 1. The van der Waals surface area contributed by atoms with E-state index in [-0.39, 0.29) is 43.7 Å². The zero-order valence-electron chi connectivity index (χ0n) is 22.8. The van der Waals surface area contributed by atoms with Crippen molar-refractivity contribution in [3.8, 4) is 0 Å². The topological polar surface area (TPSA) is 214 Å². The van der Waals surface area contributed by atoms with Crippen LogP contribution in [0.15, 0.2) is 4.99 Å². The van der Waals surface area contributed by atoms with Crippen LogP contribution < -0.4 is 22.1 Å². The van der Waals surface area contributed by atoms with Crippen LogP contribution in [-0.4, -0.2) is 80.4 Å². The number of carbonyl (C=O) groups excluding carboxylic acids is 5. The number of amides is 3. The van der Waals surface area contributed by atoms with Crippen LogP contribution in [0, 0.1) is 11.8 Å². The molecule has 0 spiro atoms. The number of aliphatic imine (C=N–C) groups is 1. The van der Waals surface area contributed by atoms with Crippen LogP contribution in [0.4, 0.5) is 0 Å². The van der Waals surface area contributed by atoms with Crippen LogP contribution in [0.2, 0.25) is 0 Å². The molecule has 2 unspecified atom stereocenters. The van der Waals surface area contributed by atoms with Crippen molar-refractivity contribution in [1.82, 2.24) is 15.5 Å². The average Bonchev–Trinajstić information content (AvgIpc) is 3.25. The normalized spacial score (nSPS) is 18.2. The molecule has 0 aromatic rings. The van der Waals surface area contributed by atoms with Gasteiger partial charge in [-0.25, -0.2) is 0 Å². The van der Waals surface area contributed by atoms with Crippen LogP contribution >= 0.6 is 22.6 Å². The Hall–Kier alpha value is -2.78. The predicted octanol–water partition coefficient (Wildman–Crippen LogP) is 0.468. The van der Waals surface area contributed by atoms with Crippen molar-refractivity contribution in [2.45, 2.75) is 90.3 Å². The zero-order chi connectivity index (χ0) is 29.7. The van der Waals surface area contributed by atoms with Crippen LogP contribution in [0.1, 0.15) is 72.1 Å². The van der Waals surface area contributed by atoms with Gasteiger partial charge < -0.3 is 32.1 Å². The number of rotatable bonds is 17. The second-order valence-electron chi connectivity index (χ2n) is 9.93. The van der Waals surface area contributed by atoms with Crippen molar-refractivity contribution in [2.75, 3.05) is 13.1 Å². The Labute approximate surface area is 242 Å². The van der Waals surface area contributed by atoms with Crippen molar-refractivity contribution in [3.63, 3.8) is 0 Å². The van der Waals surface area contributed by atoms with E-state index in [0.717, 1.165) is 12.8 Å². The van der Waals surface area contributed by atoms with Gasteiger partial charge in [0.2, 0.25) is 23.5 Å². The summed E-state index contributed by atoms with van der Waals surface area (Å²) in [7, 11) is 0. The molecular formula is C25H41IN6O7. The second-order valence-corrected chi connectivity index (χ2v) is 10.9. The summed E-state index contributed by atoms with van der Waals surface area (Å²) in [6.07, 6.45) is 2.77. The van der Waals surface area contributed by atoms with Gasteiger partial charge in [0.25, 0.3) is 3.79 Å². The number of carbonyl (C=O) groups is 6. The van der Waals surface area contributed by atoms with E-state index in [9.17, 15) is 33.9 Å². The molecule has 0 saturated carbocycles. The van der Waals surface area contributed by atoms with Gasteiger partial charge in [0.15, 0.2) is 5.96 Å². The first kappa shape index (κ1) is 34.2. The number of nitrogens with two attached hydrogens (primary N) is 2. The third kappa shape index (κ3) is 11.5. The number of carboxylic acid groups (broad SMARTS) is 1. The first-order valence-corrected chi connectivity index (χ1v) is 14.3. The molecule has 13 nitrogen and oxygen atoms in total. The summed E-state index contributed by atoms with van der Waals surface area (Å²) in [5, 5.41) is 14.6. The summed E-state index contributed by atoms with van der Waals surface area (Å²) in [4.78, 5) is 80.6. The van der Waals surface area contributed by atoms with Gasteiger partial charge in [-0.3, -0.25) is 33.8 Å². The number of Topliss-reactive ketones (excluding diaryl/α,β-unsaturated/α-hetero) is 1. The fourth-order valence-corrected chi connectivity index (χ4v) is 5.06. The standard InChI is InChI=1S/C25H41IN6O7/c1-4-7-15(8-5-2)22(37)31-17(12-19(33)34)24(39)32-13-14(3)11-18(32)23(38)30-16(20(35)21(26)36)9-6-10-29-25(27)28/h14-18H,4-13H2,1-3H3,(H,30,38)(H,31,37)(H,33,34)(H4,27,28,29)/t14-,16-,17?,18?/m0/s1. The third-order valence-corrected chi connectivity index (χ3v) is 7.04. The van der Waals surface area contributed by atoms with Crippen molar-refractivity contribution in [3.05, 3.63) is 0 Å². The Morgan fingerprint density at radius 3 is 2.15 bits per heavy atom. The predicted molar refractivity (Wildman–Crippen MR) is 153 cm³/mol. The highest BCUT2D eigenvalue weighted by Gasteiger charge is 2.42. The molecule has 4 atom stereocenters. The second kappa shape index (κ2) is 17.0. The lowest BCUT2D eigenvalue weighted by atomic mass is 9.96. The van der Waals surface area contributed by atoms with E-state index >= 15 is 0 Å². The fraction of sp³-hybridized carbons (Fsp3) is 0.720. The van der Waals surface area contributed by atoms with E-state index in [0.29, 0.717) is 19.3 Å². The van der Waals surface area contributed by atoms with Crippen LogP contribution in [0.3, 0.4) is 0 Å². The molecule has 0 bridgehead atoms. The summed E-state index contributed by atoms with van der Waals surface area (Å²) in [5.74, 6) is -4.34. The van der Waals surface area contributed by atoms with Crippen LogP contribution in [0.25, 0.3) is 0 Å². The number of hydrogen-bond acceptors (Lipinski definition) is 7. The first-order chi connectivity index (χ1) is 18.3. The third-order valence-electron chi connectivity index (χ3n) is 6.51. The molecule has 1 aliphatic rings. The molecule has 1 heterocycles. The number of nitrogens with zero attached hydrogens (tertiary/aromatic N) is 2. The van der Waals surface area contributed by atoms with Crippen molar-refractivity contribution < 1.29 is 33.9 Å². The van der Waals surface area contributed by atoms with E-state index in [1.54, 1.807) is 0 Å². The van der Waals surface area contributed by atoms with E-state index in [2.05, 4.69) is 15.6 Å². The largest absolute Gasteiger partial charge is 0.481 e.